The van der Waals surface area contributed by atoms with Gasteiger partial charge in [-0.3, -0.25) is 0 Å². The number of benzene rings is 1. The van der Waals surface area contributed by atoms with E-state index in [1.807, 2.05) is 18.2 Å². The van der Waals surface area contributed by atoms with E-state index in [4.69, 9.17) is 0 Å². The number of phenols is 1. The largest absolute Gasteiger partial charge is 0.508 e. The van der Waals surface area contributed by atoms with Gasteiger partial charge in [0.1, 0.15) is 11.5 Å². The van der Waals surface area contributed by atoms with Gasteiger partial charge in [0.05, 0.1) is 6.10 Å². The number of aliphatic hydroxyl groups is 2. The molecule has 0 fully saturated rings. The predicted octanol–water partition coefficient (Wildman–Crippen LogP) is 3.71. The lowest BCUT2D eigenvalue weighted by Crippen LogP contribution is -2.09. The third kappa shape index (κ3) is 4.59. The lowest BCUT2D eigenvalue weighted by molar-refractivity contribution is 0.213. The Kier molecular flexibility index (Phi) is 5.02. The predicted molar refractivity (Wildman–Crippen MR) is 80.4 cm³/mol. The first-order valence-electron chi connectivity index (χ1n) is 6.87. The molecule has 1 aromatic rings. The average Bonchev–Trinajstić information content (AvgIpc) is 2.39. The van der Waals surface area contributed by atoms with Crippen molar-refractivity contribution in [3.05, 3.63) is 59.4 Å². The molecule has 1 atom stereocenters. The van der Waals surface area contributed by atoms with E-state index in [1.54, 1.807) is 18.2 Å². The molecule has 0 aliphatic heterocycles. The molecule has 1 aromatic carbocycles. The summed E-state index contributed by atoms with van der Waals surface area (Å²) < 4.78 is 0. The van der Waals surface area contributed by atoms with Gasteiger partial charge in [-0.15, -0.1) is 0 Å². The van der Waals surface area contributed by atoms with Crippen LogP contribution in [0.4, 0.5) is 0 Å². The highest BCUT2D eigenvalue weighted by atomic mass is 16.3. The number of phenolic OH excluding ortho intramolecular Hbond substituents is 1. The van der Waals surface area contributed by atoms with Crippen molar-refractivity contribution < 1.29 is 15.3 Å². The third-order valence-electron chi connectivity index (χ3n) is 3.26. The Labute approximate surface area is 119 Å². The second kappa shape index (κ2) is 6.96. The number of unbranched alkanes of at least 4 members (excludes halogenated alkanes) is 1. The van der Waals surface area contributed by atoms with Crippen molar-refractivity contribution in [3.8, 4) is 5.75 Å². The summed E-state index contributed by atoms with van der Waals surface area (Å²) in [4.78, 5) is 0. The van der Waals surface area contributed by atoms with E-state index >= 15 is 0 Å². The van der Waals surface area contributed by atoms with Crippen LogP contribution in [0.1, 0.15) is 31.2 Å². The fourth-order valence-corrected chi connectivity index (χ4v) is 2.27. The zero-order valence-electron chi connectivity index (χ0n) is 11.4. The van der Waals surface area contributed by atoms with Crippen LogP contribution >= 0.6 is 0 Å². The van der Waals surface area contributed by atoms with E-state index in [9.17, 15) is 15.3 Å². The van der Waals surface area contributed by atoms with Gasteiger partial charge in [-0.05, 0) is 55.5 Å². The Bertz CT molecular complexity index is 524. The maximum atomic E-state index is 9.51. The highest BCUT2D eigenvalue weighted by Crippen LogP contribution is 2.21. The first kappa shape index (κ1) is 14.4. The maximum absolute atomic E-state index is 9.51. The number of rotatable bonds is 5. The normalized spacial score (nSPS) is 18.9. The van der Waals surface area contributed by atoms with Crippen molar-refractivity contribution in [3.63, 3.8) is 0 Å². The minimum absolute atomic E-state index is 0.165. The van der Waals surface area contributed by atoms with Crippen molar-refractivity contribution >= 4 is 6.08 Å². The van der Waals surface area contributed by atoms with Crippen LogP contribution in [0.15, 0.2) is 53.8 Å². The zero-order chi connectivity index (χ0) is 14.4. The molecular weight excluding hydrogens is 252 g/mol. The molecule has 0 aromatic heterocycles. The highest BCUT2D eigenvalue weighted by molar-refractivity contribution is 5.50. The molecule has 0 saturated carbocycles. The van der Waals surface area contributed by atoms with Crippen LogP contribution in [0.2, 0.25) is 0 Å². The molecule has 0 spiro atoms. The van der Waals surface area contributed by atoms with Gasteiger partial charge < -0.3 is 15.3 Å². The van der Waals surface area contributed by atoms with Gasteiger partial charge in [-0.1, -0.05) is 29.9 Å². The highest BCUT2D eigenvalue weighted by Gasteiger charge is 2.11. The van der Waals surface area contributed by atoms with Crippen LogP contribution in [0.25, 0.3) is 6.08 Å². The molecule has 0 saturated heterocycles. The molecule has 1 unspecified atom stereocenters. The lowest BCUT2D eigenvalue weighted by atomic mass is 9.97. The van der Waals surface area contributed by atoms with E-state index in [0.29, 0.717) is 6.42 Å². The van der Waals surface area contributed by atoms with E-state index in [0.717, 1.165) is 30.4 Å². The Morgan fingerprint density at radius 3 is 2.60 bits per heavy atom. The Morgan fingerprint density at radius 2 is 1.90 bits per heavy atom. The molecule has 1 aliphatic carbocycles. The minimum atomic E-state index is -0.553. The van der Waals surface area contributed by atoms with Gasteiger partial charge >= 0.3 is 0 Å². The van der Waals surface area contributed by atoms with Gasteiger partial charge in [0.2, 0.25) is 0 Å². The standard InChI is InChI=1S/C17H20O3/c18-15-8-6-13(7-9-15)4-2-1-3-5-14-10-16(19)12-17(20)11-14/h2,4,6-10,12,17-20H,1,3,5,11H2/b4-2-. The Hall–Kier alpha value is -2.00. The van der Waals surface area contributed by atoms with Crippen molar-refractivity contribution in [1.29, 1.82) is 0 Å². The molecule has 3 nitrogen and oxygen atoms in total. The number of hydrogen-bond donors (Lipinski definition) is 3. The van der Waals surface area contributed by atoms with Crippen molar-refractivity contribution in [2.45, 2.75) is 31.8 Å². The molecule has 0 bridgehead atoms. The van der Waals surface area contributed by atoms with Crippen LogP contribution in [0.5, 0.6) is 5.75 Å². The molecule has 0 radical (unpaired) electrons. The Balaban J connectivity index is 1.74. The van der Waals surface area contributed by atoms with Crippen LogP contribution in [-0.2, 0) is 0 Å². The Morgan fingerprint density at radius 1 is 1.15 bits per heavy atom. The summed E-state index contributed by atoms with van der Waals surface area (Å²) in [6.45, 7) is 0. The molecule has 20 heavy (non-hydrogen) atoms. The van der Waals surface area contributed by atoms with Crippen LogP contribution in [-0.4, -0.2) is 21.4 Å². The summed E-state index contributed by atoms with van der Waals surface area (Å²) in [5.41, 5.74) is 2.16. The van der Waals surface area contributed by atoms with E-state index in [2.05, 4.69) is 6.08 Å². The summed E-state index contributed by atoms with van der Waals surface area (Å²) >= 11 is 0. The fourth-order valence-electron chi connectivity index (χ4n) is 2.27. The third-order valence-corrected chi connectivity index (χ3v) is 3.26. The monoisotopic (exact) mass is 272 g/mol. The molecule has 0 amide bonds. The van der Waals surface area contributed by atoms with Gasteiger partial charge in [0.25, 0.3) is 0 Å². The minimum Gasteiger partial charge on any atom is -0.508 e. The molecule has 1 aliphatic rings. The quantitative estimate of drug-likeness (QED) is 0.716. The molecule has 3 heteroatoms. The zero-order valence-corrected chi connectivity index (χ0v) is 11.4. The van der Waals surface area contributed by atoms with Crippen molar-refractivity contribution in [1.82, 2.24) is 0 Å². The number of aliphatic hydroxyl groups excluding tert-OH is 2. The average molecular weight is 272 g/mol. The smallest absolute Gasteiger partial charge is 0.115 e. The number of aromatic hydroxyl groups is 1. The van der Waals surface area contributed by atoms with Crippen LogP contribution in [0, 0.1) is 0 Å². The first-order chi connectivity index (χ1) is 9.63. The van der Waals surface area contributed by atoms with Crippen molar-refractivity contribution in [2.75, 3.05) is 0 Å². The molecular formula is C17H20O3. The van der Waals surface area contributed by atoms with Gasteiger partial charge in [-0.25, -0.2) is 0 Å². The summed E-state index contributed by atoms with van der Waals surface area (Å²) in [5.74, 6) is 0.441. The first-order valence-corrected chi connectivity index (χ1v) is 6.87. The SMILES string of the molecule is OC1=CC(O)CC(CCC/C=C\c2ccc(O)cc2)=C1. The van der Waals surface area contributed by atoms with E-state index < -0.39 is 6.10 Å². The molecule has 2 rings (SSSR count). The molecule has 106 valence electrons. The van der Waals surface area contributed by atoms with Crippen molar-refractivity contribution in [2.24, 2.45) is 0 Å². The second-order valence-corrected chi connectivity index (χ2v) is 5.05. The maximum Gasteiger partial charge on any atom is 0.115 e. The number of hydrogen-bond acceptors (Lipinski definition) is 3. The van der Waals surface area contributed by atoms with Crippen LogP contribution in [0.3, 0.4) is 0 Å². The summed E-state index contributed by atoms with van der Waals surface area (Å²) in [6, 6.07) is 7.08. The van der Waals surface area contributed by atoms with Gasteiger partial charge in [0, 0.05) is 0 Å². The summed E-state index contributed by atoms with van der Waals surface area (Å²) in [5, 5.41) is 28.1. The van der Waals surface area contributed by atoms with Crippen LogP contribution < -0.4 is 0 Å². The van der Waals surface area contributed by atoms with Gasteiger partial charge in [0.15, 0.2) is 0 Å². The van der Waals surface area contributed by atoms with E-state index in [1.165, 1.54) is 6.08 Å². The van der Waals surface area contributed by atoms with E-state index in [-0.39, 0.29) is 11.5 Å². The number of allylic oxidation sites excluding steroid dienone is 2. The fraction of sp³-hybridized carbons (Fsp3) is 0.294. The lowest BCUT2D eigenvalue weighted by Gasteiger charge is -2.15. The summed E-state index contributed by atoms with van der Waals surface area (Å²) in [6.07, 6.45) is 10.2. The topological polar surface area (TPSA) is 60.7 Å². The summed E-state index contributed by atoms with van der Waals surface area (Å²) in [7, 11) is 0. The molecule has 0 heterocycles. The van der Waals surface area contributed by atoms with Gasteiger partial charge in [-0.2, -0.15) is 0 Å². The molecule has 3 N–H and O–H groups in total. The second-order valence-electron chi connectivity index (χ2n) is 5.05.